The topological polar surface area (TPSA) is 3.24 Å². The Kier molecular flexibility index (Phi) is 4.53. The molecule has 1 heterocycles. The van der Waals surface area contributed by atoms with Crippen molar-refractivity contribution in [1.82, 2.24) is 4.90 Å². The normalized spacial score (nSPS) is 27.7. The van der Waals surface area contributed by atoms with Crippen LogP contribution in [0.1, 0.15) is 42.7 Å². The molecule has 1 nitrogen and oxygen atoms in total. The van der Waals surface area contributed by atoms with E-state index in [-0.39, 0.29) is 0 Å². The van der Waals surface area contributed by atoms with Crippen LogP contribution in [0.5, 0.6) is 0 Å². The molecule has 1 saturated heterocycles. The summed E-state index contributed by atoms with van der Waals surface area (Å²) >= 11 is 0. The van der Waals surface area contributed by atoms with E-state index in [1.807, 2.05) is 0 Å². The first-order chi connectivity index (χ1) is 11.8. The Morgan fingerprint density at radius 1 is 0.917 bits per heavy atom. The van der Waals surface area contributed by atoms with Crippen LogP contribution in [0, 0.1) is 5.92 Å². The van der Waals surface area contributed by atoms with E-state index in [4.69, 9.17) is 0 Å². The molecule has 1 heteroatoms. The van der Waals surface area contributed by atoms with Crippen LogP contribution in [0.3, 0.4) is 0 Å². The third-order valence-corrected chi connectivity index (χ3v) is 5.92. The molecule has 24 heavy (non-hydrogen) atoms. The van der Waals surface area contributed by atoms with Gasteiger partial charge in [0.05, 0.1) is 0 Å². The van der Waals surface area contributed by atoms with Gasteiger partial charge in [-0.2, -0.15) is 0 Å². The lowest BCUT2D eigenvalue weighted by atomic mass is 9.80. The second-order valence-electron chi connectivity index (χ2n) is 7.43. The number of nitrogens with zero attached hydrogens (tertiary/aromatic N) is 1. The summed E-state index contributed by atoms with van der Waals surface area (Å²) in [6.45, 7) is 6.74. The average molecular weight is 317 g/mol. The Labute approximate surface area is 146 Å². The minimum absolute atomic E-state index is 0.602. The van der Waals surface area contributed by atoms with Crippen molar-refractivity contribution in [2.24, 2.45) is 5.92 Å². The molecule has 0 spiro atoms. The van der Waals surface area contributed by atoms with Crippen molar-refractivity contribution < 1.29 is 0 Å². The molecule has 0 aromatic heterocycles. The molecule has 124 valence electrons. The quantitative estimate of drug-likeness (QED) is 0.685. The fraction of sp³-hybridized carbons (Fsp3) is 0.391. The van der Waals surface area contributed by atoms with Gasteiger partial charge in [0, 0.05) is 31.0 Å². The third kappa shape index (κ3) is 3.06. The predicted octanol–water partition coefficient (Wildman–Crippen LogP) is 5.40. The fourth-order valence-electron chi connectivity index (χ4n) is 4.80. The van der Waals surface area contributed by atoms with E-state index in [1.165, 1.54) is 42.4 Å². The van der Waals surface area contributed by atoms with Crippen LogP contribution >= 0.6 is 0 Å². The van der Waals surface area contributed by atoms with E-state index in [0.717, 1.165) is 13.1 Å². The first-order valence-corrected chi connectivity index (χ1v) is 9.33. The highest BCUT2D eigenvalue weighted by atomic mass is 15.2. The summed E-state index contributed by atoms with van der Waals surface area (Å²) in [6.07, 6.45) is 5.18. The van der Waals surface area contributed by atoms with Gasteiger partial charge in [-0.25, -0.2) is 0 Å². The molecule has 1 aliphatic heterocycles. The second kappa shape index (κ2) is 6.94. The molecule has 0 N–H and O–H groups in total. The molecule has 0 bridgehead atoms. The van der Waals surface area contributed by atoms with Crippen molar-refractivity contribution in [3.63, 3.8) is 0 Å². The van der Waals surface area contributed by atoms with Gasteiger partial charge in [0.15, 0.2) is 0 Å². The predicted molar refractivity (Wildman–Crippen MR) is 101 cm³/mol. The van der Waals surface area contributed by atoms with Crippen molar-refractivity contribution in [3.8, 4) is 0 Å². The van der Waals surface area contributed by atoms with Crippen LogP contribution in [0.25, 0.3) is 0 Å². The minimum Gasteiger partial charge on any atom is -0.295 e. The lowest BCUT2D eigenvalue weighted by Gasteiger charge is -2.28. The Balaban J connectivity index is 1.64. The zero-order valence-corrected chi connectivity index (χ0v) is 14.4. The summed E-state index contributed by atoms with van der Waals surface area (Å²) in [7, 11) is 0. The molecular formula is C23H27N. The Hall–Kier alpha value is -1.86. The summed E-state index contributed by atoms with van der Waals surface area (Å²) in [4.78, 5) is 2.73. The van der Waals surface area contributed by atoms with Crippen molar-refractivity contribution in [2.45, 2.75) is 44.2 Å². The molecule has 2 aromatic rings. The molecule has 0 radical (unpaired) electrons. The van der Waals surface area contributed by atoms with E-state index >= 15 is 0 Å². The molecule has 3 atom stereocenters. The van der Waals surface area contributed by atoms with Crippen molar-refractivity contribution in [1.29, 1.82) is 0 Å². The van der Waals surface area contributed by atoms with E-state index in [1.54, 1.807) is 0 Å². The van der Waals surface area contributed by atoms with Gasteiger partial charge in [0.1, 0.15) is 0 Å². The zero-order chi connectivity index (χ0) is 16.4. The monoisotopic (exact) mass is 317 g/mol. The first-order valence-electron chi connectivity index (χ1n) is 9.33. The lowest BCUT2D eigenvalue weighted by Crippen LogP contribution is -2.32. The molecule has 0 unspecified atom stereocenters. The largest absolute Gasteiger partial charge is 0.295 e. The maximum atomic E-state index is 4.51. The second-order valence-corrected chi connectivity index (χ2v) is 7.43. The van der Waals surface area contributed by atoms with Crippen LogP contribution in [0.4, 0.5) is 0 Å². The van der Waals surface area contributed by atoms with Crippen molar-refractivity contribution >= 4 is 0 Å². The Morgan fingerprint density at radius 3 is 2.38 bits per heavy atom. The summed E-state index contributed by atoms with van der Waals surface area (Å²) < 4.78 is 0. The number of rotatable bonds is 3. The maximum Gasteiger partial charge on any atom is 0.0237 e. The standard InChI is InChI=1S/C23H27N/c1-18-10-8-9-15-22-23(18)21(20-13-6-3-7-14-20)17-24(22)16-19-11-4-2-5-12-19/h2-7,11-14,21-23H,1,8-10,15-17H2/t21-,22-,23-/m1/s1. The van der Waals surface area contributed by atoms with Crippen LogP contribution in [0.15, 0.2) is 72.8 Å². The summed E-state index contributed by atoms with van der Waals surface area (Å²) in [5, 5.41) is 0. The third-order valence-electron chi connectivity index (χ3n) is 5.92. The van der Waals surface area contributed by atoms with Gasteiger partial charge >= 0.3 is 0 Å². The Morgan fingerprint density at radius 2 is 1.62 bits per heavy atom. The van der Waals surface area contributed by atoms with Crippen molar-refractivity contribution in [2.75, 3.05) is 6.54 Å². The minimum atomic E-state index is 0.602. The average Bonchev–Trinajstić information content (AvgIpc) is 2.87. The summed E-state index contributed by atoms with van der Waals surface area (Å²) in [5.41, 5.74) is 4.41. The molecule has 2 aliphatic rings. The van der Waals surface area contributed by atoms with Gasteiger partial charge < -0.3 is 0 Å². The molecule has 2 fully saturated rings. The van der Waals surface area contributed by atoms with Gasteiger partial charge in [-0.05, 0) is 30.4 Å². The highest BCUT2D eigenvalue weighted by Crippen LogP contribution is 2.46. The van der Waals surface area contributed by atoms with Gasteiger partial charge in [0.2, 0.25) is 0 Å². The molecular weight excluding hydrogens is 290 g/mol. The van der Waals surface area contributed by atoms with Gasteiger partial charge in [-0.1, -0.05) is 79.2 Å². The van der Waals surface area contributed by atoms with E-state index < -0.39 is 0 Å². The number of benzene rings is 2. The highest BCUT2D eigenvalue weighted by molar-refractivity contribution is 5.29. The van der Waals surface area contributed by atoms with Crippen LogP contribution in [-0.2, 0) is 6.54 Å². The number of likely N-dealkylation sites (tertiary alicyclic amines) is 1. The molecule has 0 amide bonds. The number of hydrogen-bond acceptors (Lipinski definition) is 1. The maximum absolute atomic E-state index is 4.51. The first kappa shape index (κ1) is 15.7. The number of fused-ring (bicyclic) bond motifs is 1. The zero-order valence-electron chi connectivity index (χ0n) is 14.4. The van der Waals surface area contributed by atoms with Crippen molar-refractivity contribution in [3.05, 3.63) is 83.9 Å². The molecule has 1 aliphatic carbocycles. The van der Waals surface area contributed by atoms with Crippen LogP contribution in [0.2, 0.25) is 0 Å². The summed E-state index contributed by atoms with van der Waals surface area (Å²) in [6, 6.07) is 22.7. The van der Waals surface area contributed by atoms with E-state index in [0.29, 0.717) is 17.9 Å². The SMILES string of the molecule is C=C1CCCC[C@@H]2[C@H]1[C@@H](c1ccccc1)CN2Cc1ccccc1. The van der Waals surface area contributed by atoms with E-state index in [2.05, 4.69) is 72.1 Å². The van der Waals surface area contributed by atoms with Gasteiger partial charge in [-0.15, -0.1) is 0 Å². The summed E-state index contributed by atoms with van der Waals surface area (Å²) in [5.74, 6) is 1.23. The smallest absolute Gasteiger partial charge is 0.0237 e. The number of hydrogen-bond donors (Lipinski definition) is 0. The Bertz CT molecular complexity index is 676. The fourth-order valence-corrected chi connectivity index (χ4v) is 4.80. The lowest BCUT2D eigenvalue weighted by molar-refractivity contribution is 0.217. The van der Waals surface area contributed by atoms with Gasteiger partial charge in [-0.3, -0.25) is 4.90 Å². The molecule has 4 rings (SSSR count). The highest BCUT2D eigenvalue weighted by Gasteiger charge is 2.43. The van der Waals surface area contributed by atoms with E-state index in [9.17, 15) is 0 Å². The van der Waals surface area contributed by atoms with Gasteiger partial charge in [0.25, 0.3) is 0 Å². The van der Waals surface area contributed by atoms with Crippen LogP contribution < -0.4 is 0 Å². The molecule has 1 saturated carbocycles. The molecule has 2 aromatic carbocycles. The van der Waals surface area contributed by atoms with Crippen LogP contribution in [-0.4, -0.2) is 17.5 Å².